The fourth-order valence-electron chi connectivity index (χ4n) is 2.13. The quantitative estimate of drug-likeness (QED) is 0.856. The fourth-order valence-corrected chi connectivity index (χ4v) is 2.13. The molecule has 6 nitrogen and oxygen atoms in total. The van der Waals surface area contributed by atoms with Gasteiger partial charge in [0.1, 0.15) is 0 Å². The summed E-state index contributed by atoms with van der Waals surface area (Å²) in [5.41, 5.74) is 1.43. The minimum Gasteiger partial charge on any atom is -0.481 e. The second kappa shape index (κ2) is 5.95. The Morgan fingerprint density at radius 3 is 2.52 bits per heavy atom. The topological polar surface area (TPSA) is 86.7 Å². The van der Waals surface area contributed by atoms with Crippen molar-refractivity contribution in [2.75, 3.05) is 12.4 Å². The van der Waals surface area contributed by atoms with Gasteiger partial charge in [0.25, 0.3) is 0 Å². The number of benzene rings is 1. The fraction of sp³-hybridized carbons (Fsp3) is 0.400. The van der Waals surface area contributed by atoms with Crippen molar-refractivity contribution in [1.29, 1.82) is 0 Å². The number of aliphatic carboxylic acids is 1. The zero-order chi connectivity index (χ0) is 15.6. The predicted octanol–water partition coefficient (Wildman–Crippen LogP) is 1.32. The van der Waals surface area contributed by atoms with E-state index in [0.29, 0.717) is 18.7 Å². The predicted molar refractivity (Wildman–Crippen MR) is 76.5 cm³/mol. The first kappa shape index (κ1) is 15.0. The summed E-state index contributed by atoms with van der Waals surface area (Å²) in [5, 5.41) is 11.6. The Labute approximate surface area is 122 Å². The Hall–Kier alpha value is -2.37. The Morgan fingerprint density at radius 2 is 1.95 bits per heavy atom. The molecule has 21 heavy (non-hydrogen) atoms. The molecule has 6 heteroatoms. The van der Waals surface area contributed by atoms with Gasteiger partial charge in [-0.15, -0.1) is 0 Å². The molecule has 2 atom stereocenters. The van der Waals surface area contributed by atoms with Crippen LogP contribution in [0.1, 0.15) is 18.9 Å². The van der Waals surface area contributed by atoms with Gasteiger partial charge in [0.15, 0.2) is 0 Å². The number of hydrogen-bond donors (Lipinski definition) is 2. The van der Waals surface area contributed by atoms with E-state index in [0.717, 1.165) is 5.56 Å². The van der Waals surface area contributed by atoms with Crippen LogP contribution in [0.3, 0.4) is 0 Å². The highest BCUT2D eigenvalue weighted by atomic mass is 16.4. The number of amides is 2. The average Bonchev–Trinajstić information content (AvgIpc) is 3.21. The lowest BCUT2D eigenvalue weighted by Crippen LogP contribution is -2.24. The third kappa shape index (κ3) is 3.59. The molecule has 2 N–H and O–H groups in total. The van der Waals surface area contributed by atoms with Gasteiger partial charge in [-0.3, -0.25) is 14.4 Å². The summed E-state index contributed by atoms with van der Waals surface area (Å²) in [7, 11) is 1.68. The van der Waals surface area contributed by atoms with Crippen molar-refractivity contribution in [3.63, 3.8) is 0 Å². The molecule has 112 valence electrons. The van der Waals surface area contributed by atoms with Crippen molar-refractivity contribution >= 4 is 23.5 Å². The van der Waals surface area contributed by atoms with Gasteiger partial charge < -0.3 is 15.3 Å². The van der Waals surface area contributed by atoms with Gasteiger partial charge >= 0.3 is 5.97 Å². The maximum Gasteiger partial charge on any atom is 0.307 e. The number of carbonyl (C=O) groups excluding carboxylic acids is 2. The minimum absolute atomic E-state index is 0.0655. The smallest absolute Gasteiger partial charge is 0.307 e. The monoisotopic (exact) mass is 290 g/mol. The van der Waals surface area contributed by atoms with Crippen LogP contribution in [0.4, 0.5) is 5.69 Å². The maximum atomic E-state index is 12.0. The van der Waals surface area contributed by atoms with Gasteiger partial charge in [0.05, 0.1) is 11.8 Å². The molecule has 0 bridgehead atoms. The lowest BCUT2D eigenvalue weighted by atomic mass is 10.1. The molecule has 2 amide bonds. The molecule has 1 aromatic rings. The van der Waals surface area contributed by atoms with Crippen LogP contribution < -0.4 is 5.32 Å². The summed E-state index contributed by atoms with van der Waals surface area (Å²) >= 11 is 0. The molecule has 2 unspecified atom stereocenters. The number of para-hydroxylation sites is 1. The second-order valence-electron chi connectivity index (χ2n) is 5.31. The van der Waals surface area contributed by atoms with Crippen molar-refractivity contribution < 1.29 is 19.5 Å². The molecular weight excluding hydrogens is 272 g/mol. The number of carboxylic acid groups (broad SMARTS) is 1. The first-order valence-corrected chi connectivity index (χ1v) is 6.73. The van der Waals surface area contributed by atoms with Crippen molar-refractivity contribution in [3.05, 3.63) is 29.8 Å². The van der Waals surface area contributed by atoms with Crippen molar-refractivity contribution in [2.24, 2.45) is 11.8 Å². The molecule has 0 radical (unpaired) electrons. The van der Waals surface area contributed by atoms with Crippen LogP contribution in [-0.2, 0) is 20.9 Å². The number of nitrogens with zero attached hydrogens (tertiary/aromatic N) is 1. The van der Waals surface area contributed by atoms with Crippen molar-refractivity contribution in [1.82, 2.24) is 4.90 Å². The van der Waals surface area contributed by atoms with Gasteiger partial charge in [0, 0.05) is 26.2 Å². The summed E-state index contributed by atoms with van der Waals surface area (Å²) in [4.78, 5) is 35.6. The van der Waals surface area contributed by atoms with E-state index in [9.17, 15) is 14.4 Å². The standard InChI is InChI=1S/C15H18N2O4/c1-9(18)17(2)8-10-5-3-4-6-13(10)16-14(19)11-7-12(11)15(20)21/h3-6,11-12H,7-8H2,1-2H3,(H,16,19)(H,20,21). The molecule has 0 spiro atoms. The van der Waals surface area contributed by atoms with E-state index in [-0.39, 0.29) is 11.8 Å². The van der Waals surface area contributed by atoms with Crippen molar-refractivity contribution in [3.8, 4) is 0 Å². The minimum atomic E-state index is -0.931. The molecule has 1 aromatic carbocycles. The second-order valence-corrected chi connectivity index (χ2v) is 5.31. The van der Waals surface area contributed by atoms with Crippen LogP contribution in [-0.4, -0.2) is 34.8 Å². The molecular formula is C15H18N2O4. The van der Waals surface area contributed by atoms with E-state index in [1.165, 1.54) is 6.92 Å². The van der Waals surface area contributed by atoms with Crippen LogP contribution >= 0.6 is 0 Å². The summed E-state index contributed by atoms with van der Waals surface area (Å²) in [6, 6.07) is 7.20. The van der Waals surface area contributed by atoms with E-state index >= 15 is 0 Å². The molecule has 1 saturated carbocycles. The number of carbonyl (C=O) groups is 3. The Morgan fingerprint density at radius 1 is 1.29 bits per heavy atom. The Kier molecular flexibility index (Phi) is 4.26. The summed E-state index contributed by atoms with van der Waals surface area (Å²) < 4.78 is 0. The van der Waals surface area contributed by atoms with Crippen LogP contribution in [0.25, 0.3) is 0 Å². The maximum absolute atomic E-state index is 12.0. The molecule has 1 aliphatic rings. The zero-order valence-corrected chi connectivity index (χ0v) is 12.0. The third-order valence-corrected chi connectivity index (χ3v) is 3.66. The summed E-state index contributed by atoms with van der Waals surface area (Å²) in [6.45, 7) is 1.86. The average molecular weight is 290 g/mol. The molecule has 1 aliphatic carbocycles. The third-order valence-electron chi connectivity index (χ3n) is 3.66. The molecule has 1 fully saturated rings. The van der Waals surface area contributed by atoms with Crippen LogP contribution in [0.5, 0.6) is 0 Å². The summed E-state index contributed by atoms with van der Waals surface area (Å²) in [6.07, 6.45) is 0.386. The number of anilines is 1. The van der Waals surface area contributed by atoms with Crippen LogP contribution in [0.15, 0.2) is 24.3 Å². The van der Waals surface area contributed by atoms with Gasteiger partial charge in [0.2, 0.25) is 11.8 Å². The van der Waals surface area contributed by atoms with Gasteiger partial charge in [-0.05, 0) is 18.1 Å². The molecule has 0 saturated heterocycles. The zero-order valence-electron chi connectivity index (χ0n) is 12.0. The SMILES string of the molecule is CC(=O)N(C)Cc1ccccc1NC(=O)C1CC1C(=O)O. The highest BCUT2D eigenvalue weighted by Crippen LogP contribution is 2.39. The Bertz CT molecular complexity index is 585. The van der Waals surface area contributed by atoms with Crippen LogP contribution in [0, 0.1) is 11.8 Å². The Balaban J connectivity index is 2.05. The van der Waals surface area contributed by atoms with Gasteiger partial charge in [-0.25, -0.2) is 0 Å². The summed E-state index contributed by atoms with van der Waals surface area (Å²) in [5.74, 6) is -2.30. The first-order chi connectivity index (χ1) is 9.90. The lowest BCUT2D eigenvalue weighted by molar-refractivity contribution is -0.139. The van der Waals surface area contributed by atoms with Gasteiger partial charge in [-0.1, -0.05) is 18.2 Å². The van der Waals surface area contributed by atoms with E-state index < -0.39 is 17.8 Å². The molecule has 0 aliphatic heterocycles. The molecule has 0 heterocycles. The number of rotatable bonds is 5. The van der Waals surface area contributed by atoms with Crippen LogP contribution in [0.2, 0.25) is 0 Å². The van der Waals surface area contributed by atoms with E-state index in [1.807, 2.05) is 12.1 Å². The van der Waals surface area contributed by atoms with Gasteiger partial charge in [-0.2, -0.15) is 0 Å². The number of carboxylic acids is 1. The van der Waals surface area contributed by atoms with E-state index in [2.05, 4.69) is 5.32 Å². The molecule has 0 aromatic heterocycles. The largest absolute Gasteiger partial charge is 0.481 e. The number of hydrogen-bond acceptors (Lipinski definition) is 3. The lowest BCUT2D eigenvalue weighted by Gasteiger charge is -2.17. The normalized spacial score (nSPS) is 19.7. The number of nitrogens with one attached hydrogen (secondary N) is 1. The highest BCUT2D eigenvalue weighted by molar-refractivity contribution is 5.98. The first-order valence-electron chi connectivity index (χ1n) is 6.73. The highest BCUT2D eigenvalue weighted by Gasteiger charge is 2.48. The molecule has 2 rings (SSSR count). The van der Waals surface area contributed by atoms with E-state index in [4.69, 9.17) is 5.11 Å². The van der Waals surface area contributed by atoms with E-state index in [1.54, 1.807) is 24.1 Å². The van der Waals surface area contributed by atoms with Crippen molar-refractivity contribution in [2.45, 2.75) is 19.9 Å².